The maximum Gasteiger partial charge on any atom is 0.231 e. The lowest BCUT2D eigenvalue weighted by Crippen LogP contribution is -2.75. The fourth-order valence-corrected chi connectivity index (χ4v) is 4.90. The number of hydrogen-bond acceptors (Lipinski definition) is 4. The normalized spacial score (nSPS) is 23.6. The van der Waals surface area contributed by atoms with Gasteiger partial charge in [-0.15, -0.1) is 0 Å². The number of carbonyl (C=O) groups is 1. The fourth-order valence-electron chi connectivity index (χ4n) is 4.90. The van der Waals surface area contributed by atoms with E-state index in [1.165, 1.54) is 0 Å². The van der Waals surface area contributed by atoms with Crippen LogP contribution in [0.25, 0.3) is 0 Å². The molecule has 0 saturated carbocycles. The molecule has 6 nitrogen and oxygen atoms in total. The van der Waals surface area contributed by atoms with Gasteiger partial charge in [-0.3, -0.25) is 4.79 Å². The van der Waals surface area contributed by atoms with Crippen molar-refractivity contribution < 1.29 is 15.1 Å². The molecular weight excluding hydrogens is 364 g/mol. The van der Waals surface area contributed by atoms with E-state index in [0.29, 0.717) is 18.6 Å². The van der Waals surface area contributed by atoms with Gasteiger partial charge in [0.15, 0.2) is 0 Å². The molecule has 2 aliphatic rings. The van der Waals surface area contributed by atoms with Crippen LogP contribution in [0, 0.1) is 12.3 Å². The van der Waals surface area contributed by atoms with Gasteiger partial charge in [-0.25, -0.2) is 0 Å². The monoisotopic (exact) mass is 401 g/mol. The first kappa shape index (κ1) is 21.6. The number of fused-ring (bicyclic) bond motifs is 1. The van der Waals surface area contributed by atoms with Gasteiger partial charge < -0.3 is 14.5 Å². The number of rotatable bonds is 10. The van der Waals surface area contributed by atoms with Crippen molar-refractivity contribution in [2.75, 3.05) is 31.1 Å². The molecule has 0 bridgehead atoms. The number of piperazine rings is 1. The van der Waals surface area contributed by atoms with E-state index in [1.807, 2.05) is 13.0 Å². The average Bonchev–Trinajstić information content (AvgIpc) is 2.74. The van der Waals surface area contributed by atoms with Crippen LogP contribution in [0.2, 0.25) is 0 Å². The van der Waals surface area contributed by atoms with E-state index >= 15 is 0 Å². The number of carbonyl (C=O) groups excluding carboxylic acids is 1. The highest BCUT2D eigenvalue weighted by molar-refractivity contribution is 5.91. The first-order valence-electron chi connectivity index (χ1n) is 11.3. The van der Waals surface area contributed by atoms with Gasteiger partial charge in [0, 0.05) is 25.7 Å². The lowest BCUT2D eigenvalue weighted by atomic mass is 9.64. The molecule has 0 spiro atoms. The summed E-state index contributed by atoms with van der Waals surface area (Å²) in [6.45, 7) is 11.7. The molecule has 2 aliphatic heterocycles. The lowest BCUT2D eigenvalue weighted by Gasteiger charge is -2.60. The van der Waals surface area contributed by atoms with Gasteiger partial charge in [-0.1, -0.05) is 40.0 Å². The Bertz CT molecular complexity index is 751. The van der Waals surface area contributed by atoms with E-state index < -0.39 is 0 Å². The Morgan fingerprint density at radius 1 is 1.21 bits per heavy atom. The third-order valence-corrected chi connectivity index (χ3v) is 6.83. The number of amides is 1. The Kier molecular flexibility index (Phi) is 6.81. The minimum absolute atomic E-state index is 0.181. The Balaban J connectivity index is 1.86. The summed E-state index contributed by atoms with van der Waals surface area (Å²) in [5, 5.41) is 3.91. The summed E-state index contributed by atoms with van der Waals surface area (Å²) in [4.78, 5) is 17.4. The number of unbranched alkanes of at least 4 members (excludes halogenated alkanes) is 2. The Morgan fingerprint density at radius 2 is 1.97 bits per heavy atom. The van der Waals surface area contributed by atoms with Gasteiger partial charge in [-0.05, 0) is 42.9 Å². The first-order chi connectivity index (χ1) is 14.0. The molecule has 29 heavy (non-hydrogen) atoms. The van der Waals surface area contributed by atoms with Crippen LogP contribution in [-0.4, -0.2) is 43.1 Å². The second kappa shape index (κ2) is 9.14. The summed E-state index contributed by atoms with van der Waals surface area (Å²) in [6, 6.07) is 4.40. The Morgan fingerprint density at radius 3 is 2.62 bits per heavy atom. The highest BCUT2D eigenvalue weighted by Gasteiger charge is 2.60. The van der Waals surface area contributed by atoms with Crippen LogP contribution in [0.15, 0.2) is 17.2 Å². The first-order valence-corrected chi connectivity index (χ1v) is 11.3. The van der Waals surface area contributed by atoms with Crippen molar-refractivity contribution in [1.82, 2.24) is 4.90 Å². The van der Waals surface area contributed by atoms with Gasteiger partial charge in [0.25, 0.3) is 0 Å². The number of nitrogens with two attached hydrogens (primary N) is 1. The molecule has 0 aromatic heterocycles. The Labute approximate surface area is 175 Å². The number of aryl methyl sites for hydroxylation is 1. The molecule has 2 N–H and O–H groups in total. The van der Waals surface area contributed by atoms with Crippen molar-refractivity contribution in [2.45, 2.75) is 72.3 Å². The summed E-state index contributed by atoms with van der Waals surface area (Å²) in [6.07, 6.45) is 6.27. The highest BCUT2D eigenvalue weighted by atomic mass is 16.5. The molecule has 2 atom stereocenters. The SMILES string of the molecule is CCCCOc1cc(N=[NH2+])c(C)cc1N1CCN2C(=O)C(CC)(CCCC)C2C1. The Hall–Kier alpha value is -2.11. The van der Waals surface area contributed by atoms with Crippen LogP contribution in [-0.2, 0) is 4.79 Å². The predicted octanol–water partition coefficient (Wildman–Crippen LogP) is 3.63. The van der Waals surface area contributed by atoms with Crippen molar-refractivity contribution in [3.8, 4) is 5.75 Å². The zero-order valence-corrected chi connectivity index (χ0v) is 18.5. The zero-order valence-electron chi connectivity index (χ0n) is 18.5. The van der Waals surface area contributed by atoms with Gasteiger partial charge in [0.05, 0.1) is 23.8 Å². The molecule has 1 aromatic carbocycles. The molecular formula is C23H37N4O2+. The fraction of sp³-hybridized carbons (Fsp3) is 0.696. The minimum Gasteiger partial charge on any atom is -0.491 e. The maximum atomic E-state index is 12.9. The predicted molar refractivity (Wildman–Crippen MR) is 116 cm³/mol. The molecule has 6 heteroatoms. The summed E-state index contributed by atoms with van der Waals surface area (Å²) in [5.41, 5.74) is 8.31. The van der Waals surface area contributed by atoms with Crippen LogP contribution in [0.5, 0.6) is 5.75 Å². The number of ether oxygens (including phenoxy) is 1. The zero-order chi connectivity index (χ0) is 21.0. The van der Waals surface area contributed by atoms with Crippen molar-refractivity contribution in [1.29, 1.82) is 0 Å². The van der Waals surface area contributed by atoms with Crippen LogP contribution in [0.3, 0.4) is 0 Å². The standard InChI is InChI=1S/C23H36N4O2/c1-5-8-10-23(7-3)21-16-26(11-12-27(21)22(23)28)19-14-17(4)18(25-24)15-20(19)29-13-9-6-2/h14-15,21,24H,5-13,16H2,1-4H3/p+1. The van der Waals surface area contributed by atoms with E-state index in [9.17, 15) is 4.79 Å². The number of nitrogens with zero attached hydrogens (tertiary/aromatic N) is 3. The largest absolute Gasteiger partial charge is 0.491 e. The van der Waals surface area contributed by atoms with E-state index in [4.69, 9.17) is 10.3 Å². The molecule has 2 heterocycles. The van der Waals surface area contributed by atoms with Crippen LogP contribution in [0.4, 0.5) is 11.4 Å². The van der Waals surface area contributed by atoms with E-state index in [0.717, 1.165) is 80.8 Å². The molecule has 3 rings (SSSR count). The van der Waals surface area contributed by atoms with E-state index in [2.05, 4.69) is 41.8 Å². The molecule has 1 aromatic rings. The van der Waals surface area contributed by atoms with Crippen molar-refractivity contribution in [2.24, 2.45) is 10.5 Å². The molecule has 1 amide bonds. The van der Waals surface area contributed by atoms with Crippen LogP contribution < -0.4 is 15.2 Å². The average molecular weight is 402 g/mol. The van der Waals surface area contributed by atoms with Crippen LogP contribution in [0.1, 0.15) is 64.9 Å². The van der Waals surface area contributed by atoms with E-state index in [-0.39, 0.29) is 5.41 Å². The highest BCUT2D eigenvalue weighted by Crippen LogP contribution is 2.49. The van der Waals surface area contributed by atoms with Gasteiger partial charge >= 0.3 is 0 Å². The van der Waals surface area contributed by atoms with Crippen molar-refractivity contribution >= 4 is 17.3 Å². The summed E-state index contributed by atoms with van der Waals surface area (Å²) in [5.74, 6) is 1.22. The van der Waals surface area contributed by atoms with E-state index in [1.54, 1.807) is 0 Å². The van der Waals surface area contributed by atoms with Crippen molar-refractivity contribution in [3.63, 3.8) is 0 Å². The molecule has 0 radical (unpaired) electrons. The second-order valence-corrected chi connectivity index (χ2v) is 8.51. The summed E-state index contributed by atoms with van der Waals surface area (Å²) < 4.78 is 6.13. The third kappa shape index (κ3) is 3.86. The number of benzene rings is 1. The maximum absolute atomic E-state index is 12.9. The third-order valence-electron chi connectivity index (χ3n) is 6.83. The number of hydrogen-bond donors (Lipinski definition) is 1. The van der Waals surface area contributed by atoms with Gasteiger partial charge in [0.2, 0.25) is 5.91 Å². The number of β-lactam (4-membered cyclic amide) rings is 1. The molecule has 160 valence electrons. The summed E-state index contributed by atoms with van der Waals surface area (Å²) >= 11 is 0. The van der Waals surface area contributed by atoms with Gasteiger partial charge in [0.1, 0.15) is 11.4 Å². The molecule has 2 unspecified atom stereocenters. The summed E-state index contributed by atoms with van der Waals surface area (Å²) in [7, 11) is 0. The number of anilines is 1. The second-order valence-electron chi connectivity index (χ2n) is 8.51. The smallest absolute Gasteiger partial charge is 0.231 e. The van der Waals surface area contributed by atoms with Gasteiger partial charge in [-0.2, -0.15) is 5.53 Å². The van der Waals surface area contributed by atoms with Crippen LogP contribution >= 0.6 is 0 Å². The molecule has 2 saturated heterocycles. The quantitative estimate of drug-likeness (QED) is 0.370. The molecule has 0 aliphatic carbocycles. The topological polar surface area (TPSA) is 70.7 Å². The molecule has 2 fully saturated rings. The minimum atomic E-state index is -0.181. The lowest BCUT2D eigenvalue weighted by molar-refractivity contribution is -0.210. The van der Waals surface area contributed by atoms with Crippen molar-refractivity contribution in [3.05, 3.63) is 17.7 Å².